The molecule has 2 aromatic rings. The van der Waals surface area contributed by atoms with Gasteiger partial charge in [0.2, 0.25) is 5.91 Å². The molecule has 136 valence electrons. The lowest BCUT2D eigenvalue weighted by Crippen LogP contribution is -2.41. The molecule has 1 heterocycles. The minimum Gasteiger partial charge on any atom is -0.382 e. The highest BCUT2D eigenvalue weighted by atomic mass is 16.5. The van der Waals surface area contributed by atoms with Crippen molar-refractivity contribution >= 4 is 17.3 Å². The molecule has 1 aliphatic heterocycles. The number of para-hydroxylation sites is 1. The molecule has 0 bridgehead atoms. The van der Waals surface area contributed by atoms with E-state index in [1.54, 1.807) is 0 Å². The molecule has 1 spiro atoms. The summed E-state index contributed by atoms with van der Waals surface area (Å²) in [5, 5.41) is 6.73. The zero-order valence-corrected chi connectivity index (χ0v) is 15.3. The second kappa shape index (κ2) is 7.12. The molecule has 1 aliphatic carbocycles. The Balaban J connectivity index is 1.42. The third kappa shape index (κ3) is 3.10. The maximum atomic E-state index is 12.7. The van der Waals surface area contributed by atoms with Crippen molar-refractivity contribution in [1.29, 1.82) is 0 Å². The smallest absolute Gasteiger partial charge is 0.235 e. The molecule has 26 heavy (non-hydrogen) atoms. The first-order chi connectivity index (χ1) is 12.7. The molecule has 0 radical (unpaired) electrons. The first-order valence-electron chi connectivity index (χ1n) is 9.55. The second-order valence-corrected chi connectivity index (χ2v) is 7.34. The first kappa shape index (κ1) is 17.1. The standard InChI is InChI=1S/C22H26N2O2/c1-2-26-15-16-6-5-7-18(14-16)23-17-10-12-22(13-11-17)19-8-3-4-9-20(19)24-21(22)25/h3-9,14,17,23H,2,10-13,15H2,1H3,(H,24,25). The fourth-order valence-electron chi connectivity index (χ4n) is 4.33. The van der Waals surface area contributed by atoms with Crippen LogP contribution < -0.4 is 10.6 Å². The average molecular weight is 350 g/mol. The molecule has 0 aromatic heterocycles. The molecule has 2 N–H and O–H groups in total. The zero-order chi connectivity index (χ0) is 18.0. The molecule has 1 saturated carbocycles. The van der Waals surface area contributed by atoms with Gasteiger partial charge in [-0.25, -0.2) is 0 Å². The lowest BCUT2D eigenvalue weighted by Gasteiger charge is -2.36. The van der Waals surface area contributed by atoms with Crippen LogP contribution in [0.1, 0.15) is 43.7 Å². The van der Waals surface area contributed by atoms with Gasteiger partial charge in [-0.3, -0.25) is 4.79 Å². The summed E-state index contributed by atoms with van der Waals surface area (Å²) in [6, 6.07) is 17.0. The SMILES string of the molecule is CCOCc1cccc(NC2CCC3(CC2)C(=O)Nc2ccccc23)c1. The number of anilines is 2. The summed E-state index contributed by atoms with van der Waals surface area (Å²) in [5.74, 6) is 0.177. The van der Waals surface area contributed by atoms with E-state index in [0.29, 0.717) is 12.6 Å². The van der Waals surface area contributed by atoms with E-state index in [4.69, 9.17) is 4.74 Å². The number of carbonyl (C=O) groups is 1. The summed E-state index contributed by atoms with van der Waals surface area (Å²) < 4.78 is 5.50. The van der Waals surface area contributed by atoms with E-state index in [1.807, 2.05) is 25.1 Å². The van der Waals surface area contributed by atoms with Crippen molar-refractivity contribution in [3.05, 3.63) is 59.7 Å². The van der Waals surface area contributed by atoms with E-state index in [-0.39, 0.29) is 11.3 Å². The fraction of sp³-hybridized carbons (Fsp3) is 0.409. The van der Waals surface area contributed by atoms with Crippen molar-refractivity contribution in [2.24, 2.45) is 0 Å². The van der Waals surface area contributed by atoms with Gasteiger partial charge in [0.15, 0.2) is 0 Å². The predicted octanol–water partition coefficient (Wildman–Crippen LogP) is 4.47. The number of ether oxygens (including phenoxy) is 1. The molecule has 2 aliphatic rings. The summed E-state index contributed by atoms with van der Waals surface area (Å²) in [6.07, 6.45) is 3.78. The normalized spacial score (nSPS) is 24.3. The van der Waals surface area contributed by atoms with Crippen molar-refractivity contribution < 1.29 is 9.53 Å². The largest absolute Gasteiger partial charge is 0.382 e. The number of nitrogens with one attached hydrogen (secondary N) is 2. The number of rotatable bonds is 5. The molecule has 4 heteroatoms. The van der Waals surface area contributed by atoms with Crippen molar-refractivity contribution in [2.75, 3.05) is 17.2 Å². The van der Waals surface area contributed by atoms with Crippen LogP contribution in [0.5, 0.6) is 0 Å². The Morgan fingerprint density at radius 1 is 1.15 bits per heavy atom. The van der Waals surface area contributed by atoms with Crippen LogP contribution >= 0.6 is 0 Å². The van der Waals surface area contributed by atoms with Crippen LogP contribution in [0, 0.1) is 0 Å². The van der Waals surface area contributed by atoms with Gasteiger partial charge in [-0.1, -0.05) is 30.3 Å². The number of fused-ring (bicyclic) bond motifs is 2. The maximum absolute atomic E-state index is 12.7. The summed E-state index contributed by atoms with van der Waals surface area (Å²) >= 11 is 0. The Bertz CT molecular complexity index is 794. The Morgan fingerprint density at radius 2 is 1.96 bits per heavy atom. The molecule has 0 saturated heterocycles. The van der Waals surface area contributed by atoms with E-state index in [2.05, 4.69) is 41.0 Å². The van der Waals surface area contributed by atoms with Crippen molar-refractivity contribution in [1.82, 2.24) is 0 Å². The Kier molecular flexibility index (Phi) is 4.68. The average Bonchev–Trinajstić information content (AvgIpc) is 2.94. The van der Waals surface area contributed by atoms with Crippen LogP contribution in [0.4, 0.5) is 11.4 Å². The fourth-order valence-corrected chi connectivity index (χ4v) is 4.33. The van der Waals surface area contributed by atoms with Crippen LogP contribution in [0.25, 0.3) is 0 Å². The summed E-state index contributed by atoms with van der Waals surface area (Å²) in [7, 11) is 0. The molecule has 1 amide bonds. The van der Waals surface area contributed by atoms with Crippen LogP contribution in [0.2, 0.25) is 0 Å². The number of carbonyl (C=O) groups excluding carboxylic acids is 1. The lowest BCUT2D eigenvalue weighted by atomic mass is 9.69. The summed E-state index contributed by atoms with van der Waals surface area (Å²) in [6.45, 7) is 3.39. The summed E-state index contributed by atoms with van der Waals surface area (Å²) in [4.78, 5) is 12.7. The molecule has 2 aromatic carbocycles. The van der Waals surface area contributed by atoms with Gasteiger partial charge >= 0.3 is 0 Å². The van der Waals surface area contributed by atoms with Gasteiger partial charge in [0.1, 0.15) is 0 Å². The third-order valence-corrected chi connectivity index (χ3v) is 5.74. The van der Waals surface area contributed by atoms with Gasteiger partial charge in [-0.05, 0) is 61.9 Å². The minimum atomic E-state index is -0.328. The highest BCUT2D eigenvalue weighted by Crippen LogP contribution is 2.47. The van der Waals surface area contributed by atoms with E-state index < -0.39 is 0 Å². The Hall–Kier alpha value is -2.33. The highest BCUT2D eigenvalue weighted by molar-refractivity contribution is 6.06. The highest BCUT2D eigenvalue weighted by Gasteiger charge is 2.48. The van der Waals surface area contributed by atoms with Gasteiger partial charge in [0, 0.05) is 24.0 Å². The van der Waals surface area contributed by atoms with E-state index >= 15 is 0 Å². The molecule has 1 fully saturated rings. The van der Waals surface area contributed by atoms with Gasteiger partial charge in [-0.2, -0.15) is 0 Å². The van der Waals surface area contributed by atoms with Gasteiger partial charge in [0.05, 0.1) is 12.0 Å². The van der Waals surface area contributed by atoms with Crippen LogP contribution in [0.3, 0.4) is 0 Å². The zero-order valence-electron chi connectivity index (χ0n) is 15.3. The number of hydrogen-bond donors (Lipinski definition) is 2. The molecule has 4 nitrogen and oxygen atoms in total. The Labute approximate surface area is 155 Å². The van der Waals surface area contributed by atoms with Crippen LogP contribution in [-0.4, -0.2) is 18.6 Å². The summed E-state index contributed by atoms with van der Waals surface area (Å²) in [5.41, 5.74) is 4.17. The topological polar surface area (TPSA) is 50.4 Å². The first-order valence-corrected chi connectivity index (χ1v) is 9.55. The van der Waals surface area contributed by atoms with E-state index in [9.17, 15) is 4.79 Å². The van der Waals surface area contributed by atoms with E-state index in [1.165, 1.54) is 11.1 Å². The van der Waals surface area contributed by atoms with Gasteiger partial charge in [-0.15, -0.1) is 0 Å². The maximum Gasteiger partial charge on any atom is 0.235 e. The molecular formula is C22H26N2O2. The molecule has 4 rings (SSSR count). The molecule has 0 atom stereocenters. The monoisotopic (exact) mass is 350 g/mol. The van der Waals surface area contributed by atoms with Crippen LogP contribution in [-0.2, 0) is 21.6 Å². The van der Waals surface area contributed by atoms with Crippen molar-refractivity contribution in [3.63, 3.8) is 0 Å². The number of hydrogen-bond acceptors (Lipinski definition) is 3. The quantitative estimate of drug-likeness (QED) is 0.836. The number of benzene rings is 2. The molecule has 0 unspecified atom stereocenters. The predicted molar refractivity (Wildman–Crippen MR) is 104 cm³/mol. The number of amides is 1. The van der Waals surface area contributed by atoms with Crippen LogP contribution in [0.15, 0.2) is 48.5 Å². The Morgan fingerprint density at radius 3 is 2.77 bits per heavy atom. The van der Waals surface area contributed by atoms with Crippen molar-refractivity contribution in [3.8, 4) is 0 Å². The third-order valence-electron chi connectivity index (χ3n) is 5.74. The minimum absolute atomic E-state index is 0.177. The molecular weight excluding hydrogens is 324 g/mol. The van der Waals surface area contributed by atoms with Gasteiger partial charge < -0.3 is 15.4 Å². The second-order valence-electron chi connectivity index (χ2n) is 7.34. The van der Waals surface area contributed by atoms with E-state index in [0.717, 1.165) is 43.7 Å². The van der Waals surface area contributed by atoms with Crippen molar-refractivity contribution in [2.45, 2.75) is 50.7 Å². The van der Waals surface area contributed by atoms with Gasteiger partial charge in [0.25, 0.3) is 0 Å². The lowest BCUT2D eigenvalue weighted by molar-refractivity contribution is -0.122.